The second-order valence-corrected chi connectivity index (χ2v) is 4.51. The molecule has 1 aromatic heterocycles. The summed E-state index contributed by atoms with van der Waals surface area (Å²) in [6, 6.07) is 12.9. The molecule has 0 N–H and O–H groups in total. The van der Waals surface area contributed by atoms with Crippen LogP contribution in [0.1, 0.15) is 11.1 Å². The van der Waals surface area contributed by atoms with E-state index in [1.165, 1.54) is 10.6 Å². The van der Waals surface area contributed by atoms with Gasteiger partial charge in [-0.3, -0.25) is 4.79 Å². The smallest absolute Gasteiger partial charge is 0.268 e. The highest BCUT2D eigenvalue weighted by molar-refractivity contribution is 9.10. The molecule has 0 saturated heterocycles. The van der Waals surface area contributed by atoms with Crippen LogP contribution in [-0.2, 0) is 6.54 Å². The van der Waals surface area contributed by atoms with Crippen molar-refractivity contribution in [3.8, 4) is 6.07 Å². The second kappa shape index (κ2) is 4.98. The Bertz CT molecular complexity index is 623. The van der Waals surface area contributed by atoms with Crippen LogP contribution >= 0.6 is 15.9 Å². The molecule has 1 aromatic carbocycles. The van der Waals surface area contributed by atoms with Gasteiger partial charge in [-0.05, 0) is 29.8 Å². The van der Waals surface area contributed by atoms with Crippen LogP contribution in [0.4, 0.5) is 0 Å². The number of rotatable bonds is 2. The number of hydrogen-bond donors (Lipinski definition) is 0. The van der Waals surface area contributed by atoms with E-state index in [1.54, 1.807) is 12.3 Å². The van der Waals surface area contributed by atoms with E-state index in [9.17, 15) is 4.79 Å². The molecule has 0 atom stereocenters. The fourth-order valence-electron chi connectivity index (χ4n) is 1.53. The lowest BCUT2D eigenvalue weighted by atomic mass is 10.2. The number of hydrogen-bond acceptors (Lipinski definition) is 2. The maximum Gasteiger partial charge on any atom is 0.268 e. The maximum atomic E-state index is 11.8. The van der Waals surface area contributed by atoms with Crippen LogP contribution in [0.5, 0.6) is 0 Å². The van der Waals surface area contributed by atoms with Gasteiger partial charge in [0.1, 0.15) is 11.6 Å². The molecule has 0 bridgehead atoms. The lowest BCUT2D eigenvalue weighted by Crippen LogP contribution is -2.22. The molecule has 84 valence electrons. The normalized spacial score (nSPS) is 9.88. The first-order valence-electron chi connectivity index (χ1n) is 5.05. The Kier molecular flexibility index (Phi) is 3.40. The van der Waals surface area contributed by atoms with Crippen molar-refractivity contribution in [2.24, 2.45) is 0 Å². The van der Waals surface area contributed by atoms with E-state index in [2.05, 4.69) is 15.9 Å². The fourth-order valence-corrected chi connectivity index (χ4v) is 1.80. The zero-order chi connectivity index (χ0) is 12.3. The number of aromatic nitrogens is 1. The topological polar surface area (TPSA) is 45.8 Å². The minimum atomic E-state index is -0.252. The fraction of sp³-hybridized carbons (Fsp3) is 0.0769. The van der Waals surface area contributed by atoms with Crippen molar-refractivity contribution in [2.45, 2.75) is 6.54 Å². The quantitative estimate of drug-likeness (QED) is 0.852. The molecule has 0 aliphatic heterocycles. The first-order valence-corrected chi connectivity index (χ1v) is 5.84. The predicted octanol–water partition coefficient (Wildman–Crippen LogP) is 2.53. The highest BCUT2D eigenvalue weighted by atomic mass is 79.9. The van der Waals surface area contributed by atoms with Crippen molar-refractivity contribution in [1.29, 1.82) is 5.26 Å². The molecule has 0 aliphatic rings. The van der Waals surface area contributed by atoms with Crippen LogP contribution in [0.3, 0.4) is 0 Å². The summed E-state index contributed by atoms with van der Waals surface area (Å²) in [5, 5.41) is 8.78. The highest BCUT2D eigenvalue weighted by Crippen LogP contribution is 2.11. The van der Waals surface area contributed by atoms with Crippen LogP contribution in [0.2, 0.25) is 0 Å². The van der Waals surface area contributed by atoms with Gasteiger partial charge in [0.25, 0.3) is 5.56 Å². The first-order chi connectivity index (χ1) is 8.20. The Hall–Kier alpha value is -1.86. The summed E-state index contributed by atoms with van der Waals surface area (Å²) in [5.74, 6) is 0. The molecule has 0 radical (unpaired) electrons. The first kappa shape index (κ1) is 11.6. The molecule has 2 rings (SSSR count). The van der Waals surface area contributed by atoms with Gasteiger partial charge >= 0.3 is 0 Å². The van der Waals surface area contributed by atoms with Crippen molar-refractivity contribution in [2.75, 3.05) is 0 Å². The summed E-state index contributed by atoms with van der Waals surface area (Å²) >= 11 is 3.36. The Morgan fingerprint density at radius 2 is 1.94 bits per heavy atom. The zero-order valence-corrected chi connectivity index (χ0v) is 10.5. The number of halogens is 1. The van der Waals surface area contributed by atoms with Gasteiger partial charge in [-0.25, -0.2) is 0 Å². The third-order valence-corrected chi connectivity index (χ3v) is 2.94. The van der Waals surface area contributed by atoms with E-state index >= 15 is 0 Å². The van der Waals surface area contributed by atoms with Gasteiger partial charge in [-0.15, -0.1) is 0 Å². The second-order valence-electron chi connectivity index (χ2n) is 3.59. The highest BCUT2D eigenvalue weighted by Gasteiger charge is 2.02. The number of pyridine rings is 1. The van der Waals surface area contributed by atoms with Gasteiger partial charge < -0.3 is 4.57 Å². The number of benzene rings is 1. The number of nitrogens with zero attached hydrogens (tertiary/aromatic N) is 2. The molecule has 17 heavy (non-hydrogen) atoms. The molecule has 3 nitrogen and oxygen atoms in total. The van der Waals surface area contributed by atoms with Gasteiger partial charge in [-0.2, -0.15) is 5.26 Å². The van der Waals surface area contributed by atoms with E-state index in [1.807, 2.05) is 30.3 Å². The van der Waals surface area contributed by atoms with Crippen molar-refractivity contribution >= 4 is 15.9 Å². The molecule has 0 amide bonds. The molecule has 2 aromatic rings. The molecule has 0 spiro atoms. The summed E-state index contributed by atoms with van der Waals surface area (Å²) in [7, 11) is 0. The van der Waals surface area contributed by atoms with Crippen LogP contribution < -0.4 is 5.56 Å². The molecule has 0 aliphatic carbocycles. The van der Waals surface area contributed by atoms with Crippen LogP contribution in [0, 0.1) is 11.3 Å². The monoisotopic (exact) mass is 288 g/mol. The van der Waals surface area contributed by atoms with Crippen molar-refractivity contribution in [1.82, 2.24) is 4.57 Å². The van der Waals surface area contributed by atoms with Gasteiger partial charge in [0.2, 0.25) is 0 Å². The Balaban J connectivity index is 2.34. The van der Waals surface area contributed by atoms with Crippen molar-refractivity contribution in [3.63, 3.8) is 0 Å². The molecule has 1 heterocycles. The summed E-state index contributed by atoms with van der Waals surface area (Å²) in [5.41, 5.74) is 0.938. The van der Waals surface area contributed by atoms with Crippen LogP contribution in [0.25, 0.3) is 0 Å². The van der Waals surface area contributed by atoms with Gasteiger partial charge in [0, 0.05) is 10.7 Å². The summed E-state index contributed by atoms with van der Waals surface area (Å²) in [6.45, 7) is 0.474. The van der Waals surface area contributed by atoms with Crippen LogP contribution in [0.15, 0.2) is 51.9 Å². The molecular weight excluding hydrogens is 280 g/mol. The largest absolute Gasteiger partial charge is 0.310 e. The molecule has 4 heteroatoms. The average Bonchev–Trinajstić information content (AvgIpc) is 2.35. The van der Waals surface area contributed by atoms with Gasteiger partial charge in [-0.1, -0.05) is 28.1 Å². The standard InChI is InChI=1S/C13H9BrN2O/c14-12-5-3-10(4-6-12)9-16-7-1-2-11(8-15)13(16)17/h1-7H,9H2. The van der Waals surface area contributed by atoms with E-state index in [0.717, 1.165) is 10.0 Å². The summed E-state index contributed by atoms with van der Waals surface area (Å²) < 4.78 is 2.53. The molecular formula is C13H9BrN2O. The van der Waals surface area contributed by atoms with Gasteiger partial charge in [0.15, 0.2) is 0 Å². The van der Waals surface area contributed by atoms with Crippen molar-refractivity contribution in [3.05, 3.63) is 68.5 Å². The third kappa shape index (κ3) is 2.63. The van der Waals surface area contributed by atoms with E-state index in [-0.39, 0.29) is 11.1 Å². The Morgan fingerprint density at radius 1 is 1.24 bits per heavy atom. The average molecular weight is 289 g/mol. The minimum absolute atomic E-state index is 0.171. The van der Waals surface area contributed by atoms with E-state index in [0.29, 0.717) is 6.54 Å². The minimum Gasteiger partial charge on any atom is -0.310 e. The maximum absolute atomic E-state index is 11.8. The van der Waals surface area contributed by atoms with Crippen LogP contribution in [-0.4, -0.2) is 4.57 Å². The van der Waals surface area contributed by atoms with Gasteiger partial charge in [0.05, 0.1) is 6.54 Å². The summed E-state index contributed by atoms with van der Waals surface area (Å²) in [6.07, 6.45) is 1.69. The zero-order valence-electron chi connectivity index (χ0n) is 8.93. The van der Waals surface area contributed by atoms with E-state index < -0.39 is 0 Å². The van der Waals surface area contributed by atoms with Crippen molar-refractivity contribution < 1.29 is 0 Å². The lowest BCUT2D eigenvalue weighted by molar-refractivity contribution is 0.756. The third-order valence-electron chi connectivity index (χ3n) is 2.41. The Morgan fingerprint density at radius 3 is 2.59 bits per heavy atom. The lowest BCUT2D eigenvalue weighted by Gasteiger charge is -2.05. The number of nitriles is 1. The molecule has 0 unspecified atom stereocenters. The predicted molar refractivity (Wildman–Crippen MR) is 68.7 cm³/mol. The van der Waals surface area contributed by atoms with E-state index in [4.69, 9.17) is 5.26 Å². The molecule has 0 fully saturated rings. The SMILES string of the molecule is N#Cc1cccn(Cc2ccc(Br)cc2)c1=O. The Labute approximate surface area is 107 Å². The molecule has 0 saturated carbocycles. The summed E-state index contributed by atoms with van der Waals surface area (Å²) in [4.78, 5) is 11.8.